The van der Waals surface area contributed by atoms with Crippen LogP contribution in [0.4, 0.5) is 103 Å². The van der Waals surface area contributed by atoms with Crippen LogP contribution in [0.2, 0.25) is 0 Å². The third kappa shape index (κ3) is 17.0. The van der Waals surface area contributed by atoms with Gasteiger partial charge in [0.2, 0.25) is 0 Å². The quantitative estimate of drug-likeness (QED) is 0.125. The monoisotopic (exact) mass is 2250 g/mol. The number of aryl methyl sites for hydroxylation is 1. The molecule has 0 atom stereocenters. The molecule has 5 aliphatic rings. The van der Waals surface area contributed by atoms with E-state index in [2.05, 4.69) is 134 Å². The van der Waals surface area contributed by atoms with Gasteiger partial charge in [-0.3, -0.25) is 0 Å². The third-order valence-corrected chi connectivity index (χ3v) is 16.3. The Bertz CT molecular complexity index is 4630. The van der Waals surface area contributed by atoms with Crippen LogP contribution in [0.1, 0.15) is 19.4 Å². The minimum Gasteiger partial charge on any atom is -0.487 e. The molecular formula is C76H60Ir5N20S-10. The Morgan fingerprint density at radius 2 is 0.637 bits per heavy atom. The number of nitrogens with zero attached hydrogens (tertiary/aromatic N) is 20. The number of fused-ring (bicyclic) bond motifs is 5. The summed E-state index contributed by atoms with van der Waals surface area (Å²) in [6, 6.07) is 78.1. The van der Waals surface area contributed by atoms with E-state index < -0.39 is 0 Å². The van der Waals surface area contributed by atoms with Crippen LogP contribution in [0, 0.1) is 70.6 Å². The summed E-state index contributed by atoms with van der Waals surface area (Å²) in [5.74, 6) is 8.38. The first kappa shape index (κ1) is 77.1. The minimum atomic E-state index is 0. The second kappa shape index (κ2) is 36.7. The molecule has 11 heterocycles. The van der Waals surface area contributed by atoms with E-state index in [9.17, 15) is 0 Å². The fourth-order valence-corrected chi connectivity index (χ4v) is 11.6. The molecule has 26 heteroatoms. The zero-order valence-corrected chi connectivity index (χ0v) is 67.5. The average molecular weight is 2250 g/mol. The van der Waals surface area contributed by atoms with Crippen molar-refractivity contribution in [2.75, 3.05) is 56.0 Å². The molecule has 20 nitrogen and oxygen atoms in total. The molecule has 0 spiro atoms. The Labute approximate surface area is 666 Å². The summed E-state index contributed by atoms with van der Waals surface area (Å²) in [4.78, 5) is 64.5. The zero-order valence-electron chi connectivity index (χ0n) is 54.7. The van der Waals surface area contributed by atoms with E-state index in [1.807, 2.05) is 249 Å². The van der Waals surface area contributed by atoms with Crippen LogP contribution in [0.5, 0.6) is 0 Å². The van der Waals surface area contributed by atoms with E-state index >= 15 is 0 Å². The molecule has 0 N–H and O–H groups in total. The number of hydrogen-bond donors (Lipinski definition) is 0. The first-order valence-electron chi connectivity index (χ1n) is 31.0. The van der Waals surface area contributed by atoms with Gasteiger partial charge in [-0.25, -0.2) is 49.8 Å². The van der Waals surface area contributed by atoms with Crippen molar-refractivity contribution in [3.8, 4) is 0 Å². The Morgan fingerprint density at radius 1 is 0.314 bits per heavy atom. The van der Waals surface area contributed by atoms with E-state index in [1.165, 1.54) is 5.56 Å². The molecule has 0 unspecified atom stereocenters. The van der Waals surface area contributed by atoms with Gasteiger partial charge in [0.05, 0.1) is 5.00 Å². The summed E-state index contributed by atoms with van der Waals surface area (Å²) in [5.41, 5.74) is 8.12. The fourth-order valence-electron chi connectivity index (χ4n) is 10.9. The van der Waals surface area contributed by atoms with Crippen molar-refractivity contribution in [2.45, 2.75) is 26.8 Å². The van der Waals surface area contributed by atoms with E-state index in [4.69, 9.17) is 0 Å². The summed E-state index contributed by atoms with van der Waals surface area (Å²) < 4.78 is 0. The van der Waals surface area contributed by atoms with Crippen LogP contribution in [0.3, 0.4) is 0 Å². The van der Waals surface area contributed by atoms with Crippen LogP contribution in [0.25, 0.3) is 0 Å². The molecule has 0 amide bonds. The number of thiophene rings is 1. The maximum Gasteiger partial charge on any atom is 0.146 e. The van der Waals surface area contributed by atoms with Crippen LogP contribution < -0.4 is 49.0 Å². The van der Waals surface area contributed by atoms with Gasteiger partial charge in [0.25, 0.3) is 0 Å². The van der Waals surface area contributed by atoms with Gasteiger partial charge >= 0.3 is 0 Å². The minimum absolute atomic E-state index is 0. The van der Waals surface area contributed by atoms with Crippen LogP contribution in [-0.2, 0) is 101 Å². The van der Waals surface area contributed by atoms with Gasteiger partial charge in [-0.1, -0.05) is 36.4 Å². The predicted octanol–water partition coefficient (Wildman–Crippen LogP) is 16.2. The zero-order chi connectivity index (χ0) is 65.9. The largest absolute Gasteiger partial charge is 0.487 e. The van der Waals surface area contributed by atoms with E-state index in [0.29, 0.717) is 6.04 Å². The molecule has 5 aliphatic heterocycles. The van der Waals surface area contributed by atoms with E-state index in [0.717, 1.165) is 103 Å². The van der Waals surface area contributed by atoms with Crippen molar-refractivity contribution in [1.82, 2.24) is 49.8 Å². The Kier molecular flexibility index (Phi) is 27.7. The van der Waals surface area contributed by atoms with Crippen molar-refractivity contribution < 1.29 is 101 Å². The molecule has 0 aliphatic carbocycles. The molecule has 5 radical (unpaired) electrons. The van der Waals surface area contributed by atoms with E-state index in [-0.39, 0.29) is 101 Å². The summed E-state index contributed by atoms with van der Waals surface area (Å²) in [5, 5.41) is 3.17. The second-order valence-electron chi connectivity index (χ2n) is 22.0. The van der Waals surface area contributed by atoms with Crippen molar-refractivity contribution in [1.29, 1.82) is 0 Å². The van der Waals surface area contributed by atoms with Crippen molar-refractivity contribution >= 4 is 114 Å². The third-order valence-electron chi connectivity index (χ3n) is 15.4. The number of rotatable bonds is 9. The van der Waals surface area contributed by atoms with Crippen molar-refractivity contribution in [3.05, 3.63) is 325 Å². The predicted molar refractivity (Wildman–Crippen MR) is 383 cm³/mol. The summed E-state index contributed by atoms with van der Waals surface area (Å²) in [6.07, 6.45) is 17.1. The standard InChI is InChI=1S/C18H14N4.C17H12N4.C15H10N4S.C14H14N4.C12H10N4.5Ir/c1-14-7-5-6-10-16(14)22-13-21(15-8-3-2-4-9-15)17-18(22)20-12-11-19-17;1-3-7-14(8-4-1)20-13-21(15-9-5-2-6-10-15)17-16(20)18-11-12-19-17;1-2-5-12(6-3-1)18-11-19(13-7-4-10-20-13)15-14(18)16-8-9-17-15;1-11(2)17-10-18(12-6-4-3-5-7-12)14-13(17)15-8-9-16-14;1-15-9-16(10-5-3-2-4-6-10)12-11(15)13-7-8-14-12;;;;;/h2-8,10-13H,1H3;1-9,11-13H;1-5,7-11H;3-6,8-11H,1-2H3;2-5,7-9H,1H3;;;;;/q5*-2;;;;;. The van der Waals surface area contributed by atoms with Gasteiger partial charge in [-0.05, 0) is 75.1 Å². The number of benzene rings is 7. The molecule has 0 bridgehead atoms. The van der Waals surface area contributed by atoms with E-state index in [1.54, 1.807) is 73.3 Å². The molecule has 0 saturated carbocycles. The first-order chi connectivity index (χ1) is 47.8. The van der Waals surface area contributed by atoms with Gasteiger partial charge in [0.1, 0.15) is 58.2 Å². The molecule has 102 heavy (non-hydrogen) atoms. The Balaban J connectivity index is 0.000000147. The molecule has 0 saturated heterocycles. The Morgan fingerprint density at radius 3 is 1.04 bits per heavy atom. The first-order valence-corrected chi connectivity index (χ1v) is 31.9. The molecular weight excluding hydrogens is 2190 g/mol. The van der Waals surface area contributed by atoms with Crippen LogP contribution in [-0.4, -0.2) is 62.9 Å². The fraction of sp³-hybridized carbons (Fsp3) is 0.0658. The second-order valence-corrected chi connectivity index (χ2v) is 22.9. The summed E-state index contributed by atoms with van der Waals surface area (Å²) >= 11 is 1.67. The summed E-state index contributed by atoms with van der Waals surface area (Å²) in [7, 11) is 1.95. The normalized spacial score (nSPS) is 13.0. The molecule has 7 aromatic carbocycles. The molecule has 18 rings (SSSR count). The molecule has 13 aromatic rings. The molecule has 0 fully saturated rings. The number of aromatic nitrogens is 10. The van der Waals surface area contributed by atoms with Crippen molar-refractivity contribution in [3.63, 3.8) is 0 Å². The maximum absolute atomic E-state index is 4.51. The van der Waals surface area contributed by atoms with Gasteiger partial charge in [0.15, 0.2) is 0 Å². The van der Waals surface area contributed by atoms with Gasteiger partial charge in [-0.2, -0.15) is 152 Å². The topological polar surface area (TPSA) is 161 Å². The molecule has 525 valence electrons. The maximum atomic E-state index is 4.51. The van der Waals surface area contributed by atoms with Gasteiger partial charge < -0.3 is 49.0 Å². The van der Waals surface area contributed by atoms with Crippen LogP contribution >= 0.6 is 11.3 Å². The van der Waals surface area contributed by atoms with Gasteiger partial charge in [-0.15, -0.1) is 73.1 Å². The van der Waals surface area contributed by atoms with Crippen molar-refractivity contribution in [2.24, 2.45) is 0 Å². The number of hydrogen-bond acceptors (Lipinski definition) is 21. The Hall–Kier alpha value is -9.11. The smallest absolute Gasteiger partial charge is 0.146 e. The van der Waals surface area contributed by atoms with Crippen LogP contribution in [0.15, 0.2) is 255 Å². The number of anilines is 18. The SMILES string of the molecule is CC(C)N1[CH-]N(c2[c-]cccc2)c2nccnc21.CN1[CH-]N(c2[c-]cccc2)c2nccnc21.Cc1ccccc1N1[CH-]N(c2[c-]cccc2)c2nccnc21.[Ir].[Ir].[Ir].[Ir].[Ir].[c-]1ccccc1N1[CH-]N(c2ccccc2)c2nccnc21.[c-]1ccccc1N1[CH-]N(c2cccs2)c2nccnc21. The van der Waals surface area contributed by atoms with Gasteiger partial charge in [0, 0.05) is 174 Å². The number of para-hydroxylation sites is 7. The average Bonchev–Trinajstić information content (AvgIpc) is 1.66. The summed E-state index contributed by atoms with van der Waals surface area (Å²) in [6.45, 7) is 16.3. The molecule has 6 aromatic heterocycles.